The third kappa shape index (κ3) is 4.70. The molecule has 0 saturated carbocycles. The Kier molecular flexibility index (Phi) is 6.36. The molecule has 1 aliphatic rings. The first kappa shape index (κ1) is 26.6. The largest absolute Gasteiger partial charge is 0.366 e. The van der Waals surface area contributed by atoms with Crippen LogP contribution in [0.3, 0.4) is 0 Å². The second-order valence-corrected chi connectivity index (χ2v) is 12.1. The molecule has 3 nitrogen and oxygen atoms in total. The highest BCUT2D eigenvalue weighted by Crippen LogP contribution is 2.39. The smallest absolute Gasteiger partial charge is 0.104 e. The lowest BCUT2D eigenvalue weighted by atomic mass is 9.90. The fourth-order valence-electron chi connectivity index (χ4n) is 7.06. The van der Waals surface area contributed by atoms with Crippen LogP contribution in [0.25, 0.3) is 60.4 Å². The van der Waals surface area contributed by atoms with Crippen LogP contribution in [0.1, 0.15) is 28.9 Å². The highest BCUT2D eigenvalue weighted by atomic mass is 15.2. The summed E-state index contributed by atoms with van der Waals surface area (Å²) >= 11 is 0. The molecule has 0 spiro atoms. The van der Waals surface area contributed by atoms with E-state index in [2.05, 4.69) is 162 Å². The fraction of sp³-hybridized carbons (Fsp3) is 0.0465. The van der Waals surface area contributed by atoms with E-state index in [-0.39, 0.29) is 12.2 Å². The van der Waals surface area contributed by atoms with Gasteiger partial charge in [0.1, 0.15) is 6.17 Å². The molecule has 2 atom stereocenters. The molecule has 2 heterocycles. The van der Waals surface area contributed by atoms with E-state index in [9.17, 15) is 0 Å². The van der Waals surface area contributed by atoms with E-state index in [1.807, 2.05) is 12.3 Å². The van der Waals surface area contributed by atoms with E-state index in [4.69, 9.17) is 4.98 Å². The molecule has 8 aromatic rings. The number of rotatable bonds is 5. The Hall–Kier alpha value is -5.77. The van der Waals surface area contributed by atoms with Gasteiger partial charge >= 0.3 is 0 Å². The van der Waals surface area contributed by atoms with Crippen LogP contribution in [0, 0.1) is 0 Å². The van der Waals surface area contributed by atoms with Gasteiger partial charge in [0.05, 0.1) is 11.7 Å². The number of hydrogen-bond donors (Lipinski definition) is 2. The van der Waals surface area contributed by atoms with E-state index in [1.54, 1.807) is 0 Å². The average molecular weight is 590 g/mol. The average Bonchev–Trinajstić information content (AvgIpc) is 3.14. The standard InChI is InChI=1S/C43H31N3/c1-3-10-28(11-4-1)39-27-40(29-12-5-2-6-13-29)46-43(45-39)37-25-35(24-36(26-37)38-16-7-8-21-44-38)34-22-32-19-17-30-14-9-15-31-18-20-33(23-34)42(32)41(30)31/h1-27,39,43,45-46H. The molecule has 9 rings (SSSR count). The fourth-order valence-corrected chi connectivity index (χ4v) is 7.06. The predicted molar refractivity (Wildman–Crippen MR) is 191 cm³/mol. The summed E-state index contributed by atoms with van der Waals surface area (Å²) in [5.41, 5.74) is 9.08. The second-order valence-electron chi connectivity index (χ2n) is 12.1. The predicted octanol–water partition coefficient (Wildman–Crippen LogP) is 10.3. The maximum atomic E-state index is 4.76. The number of benzene rings is 7. The molecule has 218 valence electrons. The minimum Gasteiger partial charge on any atom is -0.366 e. The molecule has 0 amide bonds. The van der Waals surface area contributed by atoms with E-state index in [1.165, 1.54) is 54.6 Å². The van der Waals surface area contributed by atoms with Gasteiger partial charge in [-0.2, -0.15) is 0 Å². The molecule has 2 unspecified atom stereocenters. The summed E-state index contributed by atoms with van der Waals surface area (Å²) in [5, 5.41) is 15.5. The van der Waals surface area contributed by atoms with Crippen molar-refractivity contribution in [3.63, 3.8) is 0 Å². The van der Waals surface area contributed by atoms with Crippen molar-refractivity contribution in [2.75, 3.05) is 0 Å². The van der Waals surface area contributed by atoms with Gasteiger partial charge in [0.25, 0.3) is 0 Å². The quantitative estimate of drug-likeness (QED) is 0.196. The molecule has 2 N–H and O–H groups in total. The zero-order valence-electron chi connectivity index (χ0n) is 25.2. The number of pyridine rings is 1. The first-order valence-corrected chi connectivity index (χ1v) is 15.9. The Morgan fingerprint density at radius 2 is 1.09 bits per heavy atom. The van der Waals surface area contributed by atoms with Gasteiger partial charge in [0, 0.05) is 17.5 Å². The van der Waals surface area contributed by atoms with Crippen LogP contribution in [0.5, 0.6) is 0 Å². The SMILES string of the molecule is C1=C(c2ccccc2)NC(c2cc(-c3cc4ccc5cccc6ccc(c3)c4c56)cc(-c3ccccn3)c2)NC1c1ccccc1. The Morgan fingerprint density at radius 3 is 1.80 bits per heavy atom. The van der Waals surface area contributed by atoms with Gasteiger partial charge in [-0.05, 0) is 109 Å². The molecule has 3 heteroatoms. The summed E-state index contributed by atoms with van der Waals surface area (Å²) in [6.07, 6.45) is 4.04. The summed E-state index contributed by atoms with van der Waals surface area (Å²) in [7, 11) is 0. The van der Waals surface area contributed by atoms with Crippen molar-refractivity contribution in [3.05, 3.63) is 181 Å². The molecule has 0 aliphatic carbocycles. The topological polar surface area (TPSA) is 37.0 Å². The highest BCUT2D eigenvalue weighted by molar-refractivity contribution is 6.23. The Labute approximate surface area is 268 Å². The van der Waals surface area contributed by atoms with E-state index in [0.29, 0.717) is 0 Å². The number of hydrogen-bond acceptors (Lipinski definition) is 3. The molecule has 7 aromatic carbocycles. The first-order chi connectivity index (χ1) is 22.8. The first-order valence-electron chi connectivity index (χ1n) is 15.9. The molecular weight excluding hydrogens is 558 g/mol. The maximum Gasteiger partial charge on any atom is 0.104 e. The Morgan fingerprint density at radius 1 is 0.457 bits per heavy atom. The van der Waals surface area contributed by atoms with Crippen LogP contribution in [-0.2, 0) is 0 Å². The second kappa shape index (κ2) is 11.0. The van der Waals surface area contributed by atoms with Crippen molar-refractivity contribution in [1.82, 2.24) is 15.6 Å². The highest BCUT2D eigenvalue weighted by Gasteiger charge is 2.25. The summed E-state index contributed by atoms with van der Waals surface area (Å²) in [4.78, 5) is 4.76. The minimum absolute atomic E-state index is 0.0438. The molecule has 0 saturated heterocycles. The van der Waals surface area contributed by atoms with Crippen LogP contribution >= 0.6 is 0 Å². The molecule has 0 radical (unpaired) electrons. The third-order valence-electron chi connectivity index (χ3n) is 9.27. The van der Waals surface area contributed by atoms with Crippen molar-refractivity contribution < 1.29 is 0 Å². The van der Waals surface area contributed by atoms with Crippen LogP contribution in [0.2, 0.25) is 0 Å². The van der Waals surface area contributed by atoms with Crippen LogP contribution in [0.4, 0.5) is 0 Å². The van der Waals surface area contributed by atoms with E-state index in [0.717, 1.165) is 22.5 Å². The number of nitrogens with one attached hydrogen (secondary N) is 2. The van der Waals surface area contributed by atoms with Gasteiger partial charge in [0.15, 0.2) is 0 Å². The Bertz CT molecular complexity index is 2300. The van der Waals surface area contributed by atoms with Crippen molar-refractivity contribution in [3.8, 4) is 22.4 Å². The van der Waals surface area contributed by atoms with Crippen molar-refractivity contribution in [2.24, 2.45) is 0 Å². The van der Waals surface area contributed by atoms with Gasteiger partial charge < -0.3 is 5.32 Å². The summed E-state index contributed by atoms with van der Waals surface area (Å²) in [6.45, 7) is 0. The summed E-state index contributed by atoms with van der Waals surface area (Å²) in [5.74, 6) is 0. The molecule has 1 aliphatic heterocycles. The van der Waals surface area contributed by atoms with E-state index >= 15 is 0 Å². The summed E-state index contributed by atoms with van der Waals surface area (Å²) in [6, 6.07) is 54.6. The lowest BCUT2D eigenvalue weighted by Gasteiger charge is -2.33. The van der Waals surface area contributed by atoms with Gasteiger partial charge in [0.2, 0.25) is 0 Å². The summed E-state index contributed by atoms with van der Waals surface area (Å²) < 4.78 is 0. The van der Waals surface area contributed by atoms with E-state index < -0.39 is 0 Å². The monoisotopic (exact) mass is 589 g/mol. The van der Waals surface area contributed by atoms with Gasteiger partial charge in [-0.1, -0.05) is 109 Å². The lowest BCUT2D eigenvalue weighted by molar-refractivity contribution is 0.443. The molecule has 46 heavy (non-hydrogen) atoms. The van der Waals surface area contributed by atoms with Crippen LogP contribution in [-0.4, -0.2) is 4.98 Å². The zero-order chi connectivity index (χ0) is 30.5. The number of nitrogens with zero attached hydrogens (tertiary/aromatic N) is 1. The zero-order valence-corrected chi connectivity index (χ0v) is 25.2. The Balaban J connectivity index is 1.21. The van der Waals surface area contributed by atoms with Crippen molar-refractivity contribution in [1.29, 1.82) is 0 Å². The van der Waals surface area contributed by atoms with Gasteiger partial charge in [-0.25, -0.2) is 0 Å². The normalized spacial score (nSPS) is 16.5. The molecule has 0 bridgehead atoms. The van der Waals surface area contributed by atoms with Gasteiger partial charge in [-0.15, -0.1) is 0 Å². The molecule has 0 fully saturated rings. The third-order valence-corrected chi connectivity index (χ3v) is 9.27. The van der Waals surface area contributed by atoms with Crippen molar-refractivity contribution in [2.45, 2.75) is 12.2 Å². The van der Waals surface area contributed by atoms with Crippen molar-refractivity contribution >= 4 is 38.0 Å². The number of aromatic nitrogens is 1. The molecular formula is C43H31N3. The molecule has 1 aromatic heterocycles. The van der Waals surface area contributed by atoms with Crippen LogP contribution < -0.4 is 10.6 Å². The van der Waals surface area contributed by atoms with Gasteiger partial charge in [-0.3, -0.25) is 10.3 Å². The van der Waals surface area contributed by atoms with Crippen LogP contribution in [0.15, 0.2) is 164 Å². The maximum absolute atomic E-state index is 4.76. The minimum atomic E-state index is -0.127. The lowest BCUT2D eigenvalue weighted by Crippen LogP contribution is -2.39.